The summed E-state index contributed by atoms with van der Waals surface area (Å²) in [6.07, 6.45) is 0. The summed E-state index contributed by atoms with van der Waals surface area (Å²) in [5, 5.41) is 3.96. The molecule has 2 heterocycles. The second-order valence-corrected chi connectivity index (χ2v) is 6.09. The second kappa shape index (κ2) is 8.35. The Morgan fingerprint density at radius 3 is 2.67 bits per heavy atom. The first-order valence-electron chi connectivity index (χ1n) is 7.29. The molecule has 1 aliphatic heterocycles. The highest BCUT2D eigenvalue weighted by Gasteiger charge is 2.16. The Kier molecular flexibility index (Phi) is 6.47. The summed E-state index contributed by atoms with van der Waals surface area (Å²) in [4.78, 5) is 17.9. The topological polar surface area (TPSA) is 66.4 Å². The number of morpholine rings is 1. The molecule has 0 spiro atoms. The lowest BCUT2D eigenvalue weighted by Crippen LogP contribution is -2.37. The molecule has 1 aliphatic rings. The van der Waals surface area contributed by atoms with E-state index in [0.29, 0.717) is 5.95 Å². The van der Waals surface area contributed by atoms with Gasteiger partial charge in [0.1, 0.15) is 0 Å². The highest BCUT2D eigenvalue weighted by molar-refractivity contribution is 7.99. The van der Waals surface area contributed by atoms with Crippen molar-refractivity contribution in [2.75, 3.05) is 69.5 Å². The van der Waals surface area contributed by atoms with Crippen molar-refractivity contribution in [1.82, 2.24) is 19.9 Å². The molecule has 0 unspecified atom stereocenters. The number of nitrogens with zero attached hydrogens (tertiary/aromatic N) is 5. The summed E-state index contributed by atoms with van der Waals surface area (Å²) >= 11 is 1.67. The van der Waals surface area contributed by atoms with Gasteiger partial charge in [0.2, 0.25) is 11.9 Å². The molecule has 0 atom stereocenters. The number of hydrogen-bond acceptors (Lipinski definition) is 8. The molecule has 0 bridgehead atoms. The van der Waals surface area contributed by atoms with Crippen molar-refractivity contribution in [2.45, 2.75) is 12.1 Å². The molecule has 118 valence electrons. The standard InChI is InChI=1S/C13H24N6OS/c1-4-14-11-15-12(19-5-8-20-9-6-19)17-13(16-11)21-10-7-18(2)3/h4-10H2,1-3H3,(H,14,15,16,17). The van der Waals surface area contributed by atoms with Crippen molar-refractivity contribution in [3.63, 3.8) is 0 Å². The Balaban J connectivity index is 2.09. The quantitative estimate of drug-likeness (QED) is 0.742. The molecule has 0 aromatic carbocycles. The molecule has 7 nitrogen and oxygen atoms in total. The summed E-state index contributed by atoms with van der Waals surface area (Å²) in [5.74, 6) is 2.36. The summed E-state index contributed by atoms with van der Waals surface area (Å²) in [6.45, 7) is 6.95. The van der Waals surface area contributed by atoms with Crippen LogP contribution in [0.15, 0.2) is 5.16 Å². The average molecular weight is 312 g/mol. The molecule has 21 heavy (non-hydrogen) atoms. The van der Waals surface area contributed by atoms with Gasteiger partial charge in [0.25, 0.3) is 0 Å². The number of aromatic nitrogens is 3. The number of thioether (sulfide) groups is 1. The zero-order chi connectivity index (χ0) is 15.1. The first-order chi connectivity index (χ1) is 10.2. The SMILES string of the molecule is CCNc1nc(SCCN(C)C)nc(N2CCOCC2)n1. The fraction of sp³-hybridized carbons (Fsp3) is 0.769. The van der Waals surface area contributed by atoms with Crippen molar-refractivity contribution in [3.05, 3.63) is 0 Å². The Labute approximate surface area is 130 Å². The summed E-state index contributed by atoms with van der Waals surface area (Å²) < 4.78 is 5.38. The van der Waals surface area contributed by atoms with Crippen LogP contribution in [0.25, 0.3) is 0 Å². The van der Waals surface area contributed by atoms with Gasteiger partial charge in [-0.05, 0) is 21.0 Å². The minimum absolute atomic E-state index is 0.654. The Hall–Kier alpha value is -1.12. The highest BCUT2D eigenvalue weighted by Crippen LogP contribution is 2.19. The Morgan fingerprint density at radius 1 is 1.24 bits per heavy atom. The predicted molar refractivity (Wildman–Crippen MR) is 86.3 cm³/mol. The van der Waals surface area contributed by atoms with Gasteiger partial charge in [-0.1, -0.05) is 11.8 Å². The van der Waals surface area contributed by atoms with Crippen LogP contribution in [0.1, 0.15) is 6.92 Å². The minimum Gasteiger partial charge on any atom is -0.378 e. The molecule has 0 aliphatic carbocycles. The van der Waals surface area contributed by atoms with Crippen LogP contribution in [0.2, 0.25) is 0 Å². The van der Waals surface area contributed by atoms with Gasteiger partial charge in [-0.25, -0.2) is 0 Å². The molecule has 0 radical (unpaired) electrons. The van der Waals surface area contributed by atoms with Gasteiger partial charge in [0.15, 0.2) is 5.16 Å². The van der Waals surface area contributed by atoms with E-state index in [4.69, 9.17) is 4.74 Å². The molecule has 1 aromatic heterocycles. The number of nitrogens with one attached hydrogen (secondary N) is 1. The van der Waals surface area contributed by atoms with E-state index >= 15 is 0 Å². The predicted octanol–water partition coefficient (Wildman–Crippen LogP) is 0.794. The lowest BCUT2D eigenvalue weighted by atomic mass is 10.4. The van der Waals surface area contributed by atoms with Crippen LogP contribution in [0, 0.1) is 0 Å². The van der Waals surface area contributed by atoms with E-state index in [2.05, 4.69) is 44.2 Å². The third kappa shape index (κ3) is 5.29. The largest absolute Gasteiger partial charge is 0.378 e. The van der Waals surface area contributed by atoms with Gasteiger partial charge >= 0.3 is 0 Å². The summed E-state index contributed by atoms with van der Waals surface area (Å²) in [6, 6.07) is 0. The maximum absolute atomic E-state index is 5.38. The molecule has 0 amide bonds. The van der Waals surface area contributed by atoms with E-state index < -0.39 is 0 Å². The first-order valence-corrected chi connectivity index (χ1v) is 8.27. The lowest BCUT2D eigenvalue weighted by molar-refractivity contribution is 0.122. The first kappa shape index (κ1) is 16.3. The number of anilines is 2. The monoisotopic (exact) mass is 312 g/mol. The van der Waals surface area contributed by atoms with Crippen LogP contribution in [-0.2, 0) is 4.74 Å². The van der Waals surface area contributed by atoms with Crippen LogP contribution in [0.3, 0.4) is 0 Å². The maximum Gasteiger partial charge on any atom is 0.231 e. The number of hydrogen-bond donors (Lipinski definition) is 1. The van der Waals surface area contributed by atoms with Crippen LogP contribution in [0.5, 0.6) is 0 Å². The summed E-state index contributed by atoms with van der Waals surface area (Å²) in [7, 11) is 4.13. The second-order valence-electron chi connectivity index (χ2n) is 5.02. The summed E-state index contributed by atoms with van der Waals surface area (Å²) in [5.41, 5.74) is 0. The van der Waals surface area contributed by atoms with E-state index in [9.17, 15) is 0 Å². The van der Waals surface area contributed by atoms with Gasteiger partial charge < -0.3 is 19.9 Å². The molecule has 1 N–H and O–H groups in total. The number of ether oxygens (including phenoxy) is 1. The third-order valence-corrected chi connectivity index (χ3v) is 3.83. The van der Waals surface area contributed by atoms with Crippen LogP contribution >= 0.6 is 11.8 Å². The van der Waals surface area contributed by atoms with E-state index in [1.54, 1.807) is 11.8 Å². The molecule has 1 aromatic rings. The van der Waals surface area contributed by atoms with Crippen molar-refractivity contribution in [2.24, 2.45) is 0 Å². The van der Waals surface area contributed by atoms with E-state index in [1.165, 1.54) is 0 Å². The average Bonchev–Trinajstić information content (AvgIpc) is 2.48. The normalized spacial score (nSPS) is 15.5. The van der Waals surface area contributed by atoms with E-state index in [1.807, 2.05) is 6.92 Å². The van der Waals surface area contributed by atoms with Crippen LogP contribution in [0.4, 0.5) is 11.9 Å². The fourth-order valence-electron chi connectivity index (χ4n) is 1.87. The van der Waals surface area contributed by atoms with Crippen molar-refractivity contribution >= 4 is 23.7 Å². The van der Waals surface area contributed by atoms with Gasteiger partial charge in [-0.3, -0.25) is 0 Å². The molecule has 0 saturated carbocycles. The minimum atomic E-state index is 0.654. The zero-order valence-electron chi connectivity index (χ0n) is 13.0. The molecule has 1 saturated heterocycles. The zero-order valence-corrected chi connectivity index (χ0v) is 13.8. The highest BCUT2D eigenvalue weighted by atomic mass is 32.2. The molecule has 8 heteroatoms. The van der Waals surface area contributed by atoms with Crippen molar-refractivity contribution < 1.29 is 4.74 Å². The van der Waals surface area contributed by atoms with Crippen LogP contribution < -0.4 is 10.2 Å². The van der Waals surface area contributed by atoms with Gasteiger partial charge in [0, 0.05) is 31.9 Å². The lowest BCUT2D eigenvalue weighted by Gasteiger charge is -2.27. The van der Waals surface area contributed by atoms with Gasteiger partial charge in [-0.2, -0.15) is 15.0 Å². The molecule has 2 rings (SSSR count). The smallest absolute Gasteiger partial charge is 0.231 e. The molecular formula is C13H24N6OS. The Bertz CT molecular complexity index is 439. The van der Waals surface area contributed by atoms with Crippen LogP contribution in [-0.4, -0.2) is 79.1 Å². The molecule has 1 fully saturated rings. The van der Waals surface area contributed by atoms with E-state index in [-0.39, 0.29) is 0 Å². The number of rotatable bonds is 7. The van der Waals surface area contributed by atoms with Crippen molar-refractivity contribution in [3.8, 4) is 0 Å². The van der Waals surface area contributed by atoms with E-state index in [0.717, 1.165) is 56.3 Å². The van der Waals surface area contributed by atoms with Gasteiger partial charge in [-0.15, -0.1) is 0 Å². The van der Waals surface area contributed by atoms with Gasteiger partial charge in [0.05, 0.1) is 13.2 Å². The molecular weight excluding hydrogens is 288 g/mol. The maximum atomic E-state index is 5.38. The fourth-order valence-corrected chi connectivity index (χ4v) is 2.81. The Morgan fingerprint density at radius 2 is 2.00 bits per heavy atom. The van der Waals surface area contributed by atoms with Crippen molar-refractivity contribution in [1.29, 1.82) is 0 Å². The third-order valence-electron chi connectivity index (χ3n) is 3.00.